The Bertz CT molecular complexity index is 856. The van der Waals surface area contributed by atoms with Crippen molar-refractivity contribution >= 4 is 5.91 Å². The monoisotopic (exact) mass is 410 g/mol. The number of nitrogens with zero attached hydrogens (tertiary/aromatic N) is 4. The first-order valence-electron chi connectivity index (χ1n) is 11.3. The van der Waals surface area contributed by atoms with Crippen molar-refractivity contribution < 1.29 is 9.53 Å². The van der Waals surface area contributed by atoms with Gasteiger partial charge in [-0.1, -0.05) is 32.4 Å². The number of carbonyl (C=O) groups excluding carboxylic acids is 1. The molecule has 1 aromatic heterocycles. The Kier molecular flexibility index (Phi) is 6.54. The molecule has 3 heterocycles. The minimum absolute atomic E-state index is 0.0433. The second-order valence-electron chi connectivity index (χ2n) is 8.94. The average molecular weight is 411 g/mol. The summed E-state index contributed by atoms with van der Waals surface area (Å²) < 4.78 is 8.07. The van der Waals surface area contributed by atoms with Gasteiger partial charge in [0.2, 0.25) is 0 Å². The van der Waals surface area contributed by atoms with E-state index in [0.717, 1.165) is 30.8 Å². The first kappa shape index (κ1) is 21.1. The third kappa shape index (κ3) is 4.60. The molecular weight excluding hydrogens is 376 g/mol. The van der Waals surface area contributed by atoms with Crippen LogP contribution in [0, 0.1) is 0 Å². The number of benzene rings is 1. The molecule has 4 rings (SSSR count). The largest absolute Gasteiger partial charge is 0.373 e. The molecule has 0 N–H and O–H groups in total. The molecule has 2 aliphatic heterocycles. The van der Waals surface area contributed by atoms with Crippen molar-refractivity contribution in [2.24, 2.45) is 7.05 Å². The summed E-state index contributed by atoms with van der Waals surface area (Å²) in [5.41, 5.74) is 3.00. The van der Waals surface area contributed by atoms with E-state index in [1.165, 1.54) is 24.8 Å². The van der Waals surface area contributed by atoms with Gasteiger partial charge >= 0.3 is 0 Å². The number of ether oxygens (including phenoxy) is 1. The van der Waals surface area contributed by atoms with E-state index < -0.39 is 0 Å². The number of piperidine rings is 1. The van der Waals surface area contributed by atoms with E-state index in [4.69, 9.17) is 4.74 Å². The molecule has 1 amide bonds. The zero-order chi connectivity index (χ0) is 21.1. The van der Waals surface area contributed by atoms with Crippen molar-refractivity contribution in [3.63, 3.8) is 0 Å². The summed E-state index contributed by atoms with van der Waals surface area (Å²) in [6, 6.07) is 7.95. The smallest absolute Gasteiger partial charge is 0.254 e. The highest BCUT2D eigenvalue weighted by atomic mass is 16.5. The fourth-order valence-electron chi connectivity index (χ4n) is 4.69. The number of aromatic nitrogens is 2. The third-order valence-corrected chi connectivity index (χ3v) is 6.37. The van der Waals surface area contributed by atoms with Gasteiger partial charge < -0.3 is 14.5 Å². The maximum atomic E-state index is 13.6. The molecule has 0 radical (unpaired) electrons. The van der Waals surface area contributed by atoms with Crippen molar-refractivity contribution in [3.05, 3.63) is 53.3 Å². The zero-order valence-corrected chi connectivity index (χ0v) is 18.5. The normalized spacial score (nSPS) is 23.1. The number of morpholine rings is 1. The number of likely N-dealkylation sites (tertiary alicyclic amines) is 1. The fraction of sp³-hybridized carbons (Fsp3) is 0.583. The third-order valence-electron chi connectivity index (χ3n) is 6.37. The summed E-state index contributed by atoms with van der Waals surface area (Å²) in [5.74, 6) is 0.474. The standard InChI is InChI=1S/C24H34N4O2/c1-18(2)19-8-7-9-20(14-19)24(29)28-12-13-30-22(17-27-10-5-4-6-11-27)23(28)21-15-25-26(3)16-21/h7-9,14-16,18,22-23H,4-6,10-13,17H2,1-3H3/t22-,23-/m0/s1. The molecule has 2 fully saturated rings. The molecule has 6 heteroatoms. The molecular formula is C24H34N4O2. The van der Waals surface area contributed by atoms with Gasteiger partial charge in [0.1, 0.15) is 0 Å². The molecule has 0 aliphatic carbocycles. The van der Waals surface area contributed by atoms with Gasteiger partial charge in [0.05, 0.1) is 24.9 Å². The molecule has 6 nitrogen and oxygen atoms in total. The van der Waals surface area contributed by atoms with Crippen molar-refractivity contribution in [2.75, 3.05) is 32.8 Å². The van der Waals surface area contributed by atoms with Crippen LogP contribution in [-0.2, 0) is 11.8 Å². The fourth-order valence-corrected chi connectivity index (χ4v) is 4.69. The zero-order valence-electron chi connectivity index (χ0n) is 18.5. The van der Waals surface area contributed by atoms with Crippen molar-refractivity contribution in [3.8, 4) is 0 Å². The lowest BCUT2D eigenvalue weighted by Crippen LogP contribution is -2.52. The van der Waals surface area contributed by atoms with Gasteiger partial charge in [-0.15, -0.1) is 0 Å². The van der Waals surface area contributed by atoms with E-state index in [-0.39, 0.29) is 18.1 Å². The van der Waals surface area contributed by atoms with Gasteiger partial charge in [-0.05, 0) is 49.5 Å². The lowest BCUT2D eigenvalue weighted by molar-refractivity contribution is -0.0741. The van der Waals surface area contributed by atoms with Crippen molar-refractivity contribution in [1.29, 1.82) is 0 Å². The number of hydrogen-bond acceptors (Lipinski definition) is 4. The summed E-state index contributed by atoms with van der Waals surface area (Å²) in [4.78, 5) is 18.1. The topological polar surface area (TPSA) is 50.6 Å². The lowest BCUT2D eigenvalue weighted by atomic mass is 9.97. The van der Waals surface area contributed by atoms with E-state index in [2.05, 4.69) is 29.9 Å². The van der Waals surface area contributed by atoms with Crippen LogP contribution < -0.4 is 0 Å². The molecule has 0 unspecified atom stereocenters. The van der Waals surface area contributed by atoms with Gasteiger partial charge in [-0.25, -0.2) is 0 Å². The van der Waals surface area contributed by atoms with Crippen LogP contribution in [-0.4, -0.2) is 64.4 Å². The molecule has 2 aliphatic rings. The second kappa shape index (κ2) is 9.31. The SMILES string of the molecule is CC(C)c1cccc(C(=O)N2CCO[C@@H](CN3CCCCC3)[C@@H]2c2cnn(C)c2)c1. The molecule has 1 aromatic carbocycles. The average Bonchev–Trinajstić information content (AvgIpc) is 3.19. The second-order valence-corrected chi connectivity index (χ2v) is 8.94. The number of hydrogen-bond donors (Lipinski definition) is 0. The van der Waals surface area contributed by atoms with Crippen LogP contribution in [0.2, 0.25) is 0 Å². The van der Waals surface area contributed by atoms with E-state index >= 15 is 0 Å². The van der Waals surface area contributed by atoms with Crippen molar-refractivity contribution in [2.45, 2.75) is 51.2 Å². The van der Waals surface area contributed by atoms with Gasteiger partial charge in [-0.2, -0.15) is 5.10 Å². The number of amides is 1. The number of aryl methyl sites for hydroxylation is 1. The first-order valence-corrected chi connectivity index (χ1v) is 11.3. The van der Waals surface area contributed by atoms with Gasteiger partial charge in [0.25, 0.3) is 5.91 Å². The minimum atomic E-state index is -0.121. The van der Waals surface area contributed by atoms with E-state index in [1.54, 1.807) is 0 Å². The molecule has 0 saturated carbocycles. The molecule has 0 spiro atoms. The maximum Gasteiger partial charge on any atom is 0.254 e. The number of rotatable bonds is 5. The Balaban J connectivity index is 1.62. The first-order chi connectivity index (χ1) is 14.5. The van der Waals surface area contributed by atoms with Crippen LogP contribution in [0.5, 0.6) is 0 Å². The Morgan fingerprint density at radius 3 is 2.70 bits per heavy atom. The highest BCUT2D eigenvalue weighted by Gasteiger charge is 2.38. The minimum Gasteiger partial charge on any atom is -0.373 e. The van der Waals surface area contributed by atoms with Crippen LogP contribution in [0.15, 0.2) is 36.7 Å². The predicted molar refractivity (Wildman–Crippen MR) is 118 cm³/mol. The van der Waals surface area contributed by atoms with Gasteiger partial charge in [0, 0.05) is 37.5 Å². The van der Waals surface area contributed by atoms with Gasteiger partial charge in [-0.3, -0.25) is 9.48 Å². The summed E-state index contributed by atoms with van der Waals surface area (Å²) in [5, 5.41) is 4.39. The van der Waals surface area contributed by atoms with Crippen LogP contribution >= 0.6 is 0 Å². The highest BCUT2D eigenvalue weighted by Crippen LogP contribution is 2.32. The molecule has 2 aromatic rings. The Morgan fingerprint density at radius 2 is 2.00 bits per heavy atom. The maximum absolute atomic E-state index is 13.6. The van der Waals surface area contributed by atoms with Gasteiger partial charge in [0.15, 0.2) is 0 Å². The molecule has 2 saturated heterocycles. The Hall–Kier alpha value is -2.18. The summed E-state index contributed by atoms with van der Waals surface area (Å²) in [6.07, 6.45) is 7.66. The van der Waals surface area contributed by atoms with Crippen LogP contribution in [0.3, 0.4) is 0 Å². The van der Waals surface area contributed by atoms with Crippen LogP contribution in [0.25, 0.3) is 0 Å². The molecule has 0 bridgehead atoms. The summed E-state index contributed by atoms with van der Waals surface area (Å²) in [6.45, 7) is 8.58. The summed E-state index contributed by atoms with van der Waals surface area (Å²) >= 11 is 0. The highest BCUT2D eigenvalue weighted by molar-refractivity contribution is 5.94. The van der Waals surface area contributed by atoms with Crippen LogP contribution in [0.1, 0.15) is 66.6 Å². The Morgan fingerprint density at radius 1 is 1.20 bits per heavy atom. The molecule has 2 atom stereocenters. The predicted octanol–water partition coefficient (Wildman–Crippen LogP) is 3.61. The number of carbonyl (C=O) groups is 1. The molecule has 30 heavy (non-hydrogen) atoms. The van der Waals surface area contributed by atoms with E-state index in [0.29, 0.717) is 19.1 Å². The molecule has 162 valence electrons. The summed E-state index contributed by atoms with van der Waals surface area (Å²) in [7, 11) is 1.92. The van der Waals surface area contributed by atoms with E-state index in [1.807, 2.05) is 47.2 Å². The lowest BCUT2D eigenvalue weighted by Gasteiger charge is -2.43. The van der Waals surface area contributed by atoms with Crippen molar-refractivity contribution in [1.82, 2.24) is 19.6 Å². The van der Waals surface area contributed by atoms with E-state index in [9.17, 15) is 4.79 Å². The Labute approximate surface area is 179 Å². The quantitative estimate of drug-likeness (QED) is 0.756. The van der Waals surface area contributed by atoms with Crippen LogP contribution in [0.4, 0.5) is 0 Å².